The predicted molar refractivity (Wildman–Crippen MR) is 104 cm³/mol. The molecule has 0 radical (unpaired) electrons. The molecule has 28 heavy (non-hydrogen) atoms. The Labute approximate surface area is 165 Å². The number of alkyl halides is 2. The second kappa shape index (κ2) is 8.37. The van der Waals surface area contributed by atoms with E-state index < -0.39 is 30.8 Å². The predicted octanol–water partition coefficient (Wildman–Crippen LogP) is 4.11. The number of hydrogen-bond donors (Lipinski definition) is 3. The zero-order chi connectivity index (χ0) is 21.3. The molecule has 10 heteroatoms. The van der Waals surface area contributed by atoms with Crippen molar-refractivity contribution in [1.29, 1.82) is 0 Å². The van der Waals surface area contributed by atoms with Crippen molar-refractivity contribution >= 4 is 41.2 Å². The SMILES string of the molecule is CC(C)[C@@H](C)C[C@@H](C=O)NC(=O)c1cc2cc(C(F)(F)P(=O)(O)O)ccc2s1. The first kappa shape index (κ1) is 22.6. The van der Waals surface area contributed by atoms with Crippen molar-refractivity contribution in [2.24, 2.45) is 11.8 Å². The Bertz CT molecular complexity index is 924. The summed E-state index contributed by atoms with van der Waals surface area (Å²) in [6.45, 7) is 6.02. The Kier molecular flexibility index (Phi) is 6.76. The van der Waals surface area contributed by atoms with Gasteiger partial charge in [-0.05, 0) is 41.8 Å². The second-order valence-corrected chi connectivity index (χ2v) is 9.86. The first-order valence-corrected chi connectivity index (χ1v) is 11.0. The molecule has 2 rings (SSSR count). The number of thiophene rings is 1. The van der Waals surface area contributed by atoms with E-state index in [0.29, 0.717) is 23.3 Å². The van der Waals surface area contributed by atoms with E-state index in [0.717, 1.165) is 23.5 Å². The lowest BCUT2D eigenvalue weighted by molar-refractivity contribution is -0.109. The molecule has 2 aromatic rings. The summed E-state index contributed by atoms with van der Waals surface area (Å²) in [5.74, 6) is 0.0608. The van der Waals surface area contributed by atoms with Gasteiger partial charge in [0.15, 0.2) is 0 Å². The molecular formula is C18H22F2NO5PS. The minimum Gasteiger partial charge on any atom is -0.342 e. The monoisotopic (exact) mass is 433 g/mol. The molecule has 2 atom stereocenters. The van der Waals surface area contributed by atoms with Gasteiger partial charge in [0, 0.05) is 10.3 Å². The fourth-order valence-corrected chi connectivity index (χ4v) is 3.99. The highest BCUT2D eigenvalue weighted by molar-refractivity contribution is 7.52. The highest BCUT2D eigenvalue weighted by atomic mass is 32.1. The number of benzene rings is 1. The summed E-state index contributed by atoms with van der Waals surface area (Å²) in [5, 5.41) is 2.89. The summed E-state index contributed by atoms with van der Waals surface area (Å²) in [4.78, 5) is 41.7. The van der Waals surface area contributed by atoms with Crippen LogP contribution in [0.1, 0.15) is 42.4 Å². The molecule has 1 heterocycles. The largest absolute Gasteiger partial charge is 0.399 e. The average molecular weight is 433 g/mol. The summed E-state index contributed by atoms with van der Waals surface area (Å²) >= 11 is 1.04. The molecule has 0 bridgehead atoms. The van der Waals surface area contributed by atoms with E-state index in [9.17, 15) is 22.9 Å². The molecule has 1 aromatic heterocycles. The number of halogens is 2. The Morgan fingerprint density at radius 3 is 2.46 bits per heavy atom. The number of rotatable bonds is 8. The average Bonchev–Trinajstić information content (AvgIpc) is 3.03. The van der Waals surface area contributed by atoms with Crippen LogP contribution in [0, 0.1) is 11.8 Å². The van der Waals surface area contributed by atoms with Crippen molar-refractivity contribution in [2.45, 2.75) is 38.9 Å². The van der Waals surface area contributed by atoms with Crippen LogP contribution in [0.25, 0.3) is 10.1 Å². The number of carbonyl (C=O) groups excluding carboxylic acids is 2. The first-order chi connectivity index (χ1) is 12.9. The maximum Gasteiger partial charge on any atom is 0.399 e. The molecule has 3 N–H and O–H groups in total. The van der Waals surface area contributed by atoms with E-state index in [4.69, 9.17) is 9.79 Å². The molecule has 0 unspecified atom stereocenters. The molecule has 1 amide bonds. The van der Waals surface area contributed by atoms with Crippen molar-refractivity contribution in [3.05, 3.63) is 34.7 Å². The maximum absolute atomic E-state index is 13.9. The van der Waals surface area contributed by atoms with Gasteiger partial charge < -0.3 is 19.9 Å². The Balaban J connectivity index is 2.25. The van der Waals surface area contributed by atoms with E-state index in [1.165, 1.54) is 12.1 Å². The Hall–Kier alpha value is -1.67. The third-order valence-corrected chi connectivity index (χ3v) is 6.80. The van der Waals surface area contributed by atoms with Crippen molar-refractivity contribution in [3.63, 3.8) is 0 Å². The molecule has 0 aliphatic heterocycles. The van der Waals surface area contributed by atoms with Crippen LogP contribution in [-0.2, 0) is 15.0 Å². The summed E-state index contributed by atoms with van der Waals surface area (Å²) in [6, 6.07) is 3.87. The number of hydrogen-bond acceptors (Lipinski definition) is 4. The number of nitrogens with one attached hydrogen (secondary N) is 1. The van der Waals surface area contributed by atoms with Gasteiger partial charge >= 0.3 is 13.3 Å². The first-order valence-electron chi connectivity index (χ1n) is 8.60. The molecule has 0 spiro atoms. The molecule has 0 fully saturated rings. The third-order valence-electron chi connectivity index (χ3n) is 4.70. The molecule has 154 valence electrons. The summed E-state index contributed by atoms with van der Waals surface area (Å²) in [7, 11) is -5.67. The molecular weight excluding hydrogens is 411 g/mol. The highest BCUT2D eigenvalue weighted by Crippen LogP contribution is 2.59. The summed E-state index contributed by atoms with van der Waals surface area (Å²) in [6.07, 6.45) is 1.15. The van der Waals surface area contributed by atoms with Crippen LogP contribution >= 0.6 is 18.9 Å². The van der Waals surface area contributed by atoms with Crippen LogP contribution in [0.3, 0.4) is 0 Å². The van der Waals surface area contributed by atoms with Crippen molar-refractivity contribution < 1.29 is 32.7 Å². The van der Waals surface area contributed by atoms with Crippen molar-refractivity contribution in [1.82, 2.24) is 5.32 Å². The third kappa shape index (κ3) is 4.84. The van der Waals surface area contributed by atoms with Gasteiger partial charge in [-0.2, -0.15) is 8.78 Å². The van der Waals surface area contributed by atoms with Crippen molar-refractivity contribution in [2.75, 3.05) is 0 Å². The van der Waals surface area contributed by atoms with Gasteiger partial charge in [-0.3, -0.25) is 9.36 Å². The van der Waals surface area contributed by atoms with Crippen molar-refractivity contribution in [3.8, 4) is 0 Å². The summed E-state index contributed by atoms with van der Waals surface area (Å²) in [5.41, 5.74) is -5.14. The highest BCUT2D eigenvalue weighted by Gasteiger charge is 2.50. The molecule has 0 aliphatic rings. The maximum atomic E-state index is 13.9. The molecule has 0 saturated carbocycles. The van der Waals surface area contributed by atoms with Crippen LogP contribution in [0.5, 0.6) is 0 Å². The lowest BCUT2D eigenvalue weighted by Gasteiger charge is -2.20. The van der Waals surface area contributed by atoms with Crippen LogP contribution in [0.4, 0.5) is 8.78 Å². The number of fused-ring (bicyclic) bond motifs is 1. The van der Waals surface area contributed by atoms with E-state index in [2.05, 4.69) is 5.32 Å². The van der Waals surface area contributed by atoms with E-state index in [1.54, 1.807) is 0 Å². The lowest BCUT2D eigenvalue weighted by atomic mass is 9.91. The lowest BCUT2D eigenvalue weighted by Crippen LogP contribution is -2.37. The van der Waals surface area contributed by atoms with E-state index >= 15 is 0 Å². The minimum atomic E-state index is -5.67. The van der Waals surface area contributed by atoms with Gasteiger partial charge in [0.05, 0.1) is 10.9 Å². The Morgan fingerprint density at radius 1 is 1.29 bits per heavy atom. The normalized spacial score (nSPS) is 14.9. The van der Waals surface area contributed by atoms with Crippen LogP contribution in [-0.4, -0.2) is 28.0 Å². The van der Waals surface area contributed by atoms with Gasteiger partial charge in [0.1, 0.15) is 6.29 Å². The van der Waals surface area contributed by atoms with Gasteiger partial charge in [-0.15, -0.1) is 11.3 Å². The van der Waals surface area contributed by atoms with Gasteiger partial charge in [-0.1, -0.05) is 26.8 Å². The summed E-state index contributed by atoms with van der Waals surface area (Å²) < 4.78 is 39.3. The molecule has 6 nitrogen and oxygen atoms in total. The molecule has 0 aliphatic carbocycles. The topological polar surface area (TPSA) is 104 Å². The fraction of sp³-hybridized carbons (Fsp3) is 0.444. The minimum absolute atomic E-state index is 0.218. The standard InChI is InChI=1S/C18H22F2NO5PS/c1-10(2)11(3)6-14(9-22)21-17(23)16-8-12-7-13(4-5-15(12)28-16)18(19,20)27(24,25)26/h4-5,7-11,14H,6H2,1-3H3,(H,21,23)(H2,24,25,26)/t11-,14-/m0/s1. The fourth-order valence-electron chi connectivity index (χ4n) is 2.57. The number of aldehydes is 1. The molecule has 0 saturated heterocycles. The second-order valence-electron chi connectivity index (χ2n) is 7.12. The number of carbonyl (C=O) groups is 2. The zero-order valence-electron chi connectivity index (χ0n) is 15.6. The van der Waals surface area contributed by atoms with Gasteiger partial charge in [0.2, 0.25) is 0 Å². The zero-order valence-corrected chi connectivity index (χ0v) is 17.3. The smallest absolute Gasteiger partial charge is 0.342 e. The van der Waals surface area contributed by atoms with Crippen LogP contribution < -0.4 is 5.32 Å². The van der Waals surface area contributed by atoms with Gasteiger partial charge in [0.25, 0.3) is 5.91 Å². The van der Waals surface area contributed by atoms with Crippen LogP contribution in [0.2, 0.25) is 0 Å². The van der Waals surface area contributed by atoms with E-state index in [-0.39, 0.29) is 16.2 Å². The van der Waals surface area contributed by atoms with Crippen LogP contribution in [0.15, 0.2) is 24.3 Å². The quantitative estimate of drug-likeness (QED) is 0.429. The number of amides is 1. The van der Waals surface area contributed by atoms with E-state index in [1.807, 2.05) is 20.8 Å². The Morgan fingerprint density at radius 2 is 1.93 bits per heavy atom. The van der Waals surface area contributed by atoms with Gasteiger partial charge in [-0.25, -0.2) is 0 Å². The molecule has 1 aromatic carbocycles.